The summed E-state index contributed by atoms with van der Waals surface area (Å²) in [7, 11) is -5.62. The molecule has 1 aliphatic heterocycles. The van der Waals surface area contributed by atoms with Crippen LogP contribution in [0.1, 0.15) is 51.4 Å². The van der Waals surface area contributed by atoms with Crippen LogP contribution in [0.3, 0.4) is 0 Å². The summed E-state index contributed by atoms with van der Waals surface area (Å²) in [5.74, 6) is 1.43. The first-order chi connectivity index (χ1) is 12.7. The normalized spacial score (nSPS) is 55.6. The zero-order chi connectivity index (χ0) is 18.8. The quantitative estimate of drug-likeness (QED) is 0.677. The van der Waals surface area contributed by atoms with Gasteiger partial charge in [-0.2, -0.15) is 8.78 Å². The summed E-state index contributed by atoms with van der Waals surface area (Å²) in [6.45, 7) is 0. The first-order valence-electron chi connectivity index (χ1n) is 10.3. The molecule has 0 amide bonds. The van der Waals surface area contributed by atoms with Crippen LogP contribution in [-0.2, 0) is 19.6 Å². The fourth-order valence-electron chi connectivity index (χ4n) is 8.02. The van der Waals surface area contributed by atoms with Gasteiger partial charge in [-0.25, -0.2) is 8.42 Å². The maximum Gasteiger partial charge on any atom is 0.334 e. The molecule has 27 heavy (non-hydrogen) atoms. The fraction of sp³-hybridized carbons (Fsp3) is 1.00. The van der Waals surface area contributed by atoms with Crippen molar-refractivity contribution in [2.24, 2.45) is 41.4 Å². The van der Waals surface area contributed by atoms with Gasteiger partial charge in [-0.1, -0.05) is 0 Å². The standard InChI is InChI=1S/C19H26F2O5S/c20-18(21,27(22,23)24)8-12-6-11-7-15(12)17-16(11)25-19(26-17)13-2-9-1-10(4-13)5-14(19)3-9/h9-17H,1-8H2,(H,22,23,24)/p-1. The molecule has 0 aromatic heterocycles. The van der Waals surface area contributed by atoms with Gasteiger partial charge in [0.2, 0.25) is 0 Å². The molecule has 0 aromatic rings. The predicted octanol–water partition coefficient (Wildman–Crippen LogP) is 3.11. The summed E-state index contributed by atoms with van der Waals surface area (Å²) >= 11 is 0. The number of fused-ring (bicyclic) bond motifs is 5. The highest BCUT2D eigenvalue weighted by atomic mass is 32.2. The maximum absolute atomic E-state index is 13.9. The number of halogens is 2. The number of rotatable bonds is 3. The molecule has 1 saturated heterocycles. The van der Waals surface area contributed by atoms with Gasteiger partial charge in [0.05, 0.1) is 12.2 Å². The van der Waals surface area contributed by atoms with E-state index in [1.165, 1.54) is 6.42 Å². The van der Waals surface area contributed by atoms with Crippen molar-refractivity contribution in [3.63, 3.8) is 0 Å². The number of hydrogen-bond acceptors (Lipinski definition) is 5. The lowest BCUT2D eigenvalue weighted by molar-refractivity contribution is -0.304. The monoisotopic (exact) mass is 403 g/mol. The van der Waals surface area contributed by atoms with E-state index in [9.17, 15) is 21.8 Å². The minimum Gasteiger partial charge on any atom is -0.743 e. The molecule has 7 aliphatic rings. The van der Waals surface area contributed by atoms with Crippen LogP contribution >= 0.6 is 0 Å². The Balaban J connectivity index is 1.24. The average Bonchev–Trinajstić information content (AvgIpc) is 3.20. The molecule has 152 valence electrons. The van der Waals surface area contributed by atoms with E-state index in [-0.39, 0.29) is 24.0 Å². The van der Waals surface area contributed by atoms with E-state index in [0.717, 1.165) is 43.9 Å². The SMILES string of the molecule is O=S(=O)([O-])C(F)(F)CC1CC2CC1C1OC3(OC21)C1CC2CC(C1)CC3C2. The van der Waals surface area contributed by atoms with E-state index in [1.54, 1.807) is 0 Å². The lowest BCUT2D eigenvalue weighted by Crippen LogP contribution is -2.59. The molecular weight excluding hydrogens is 378 g/mol. The Hall–Kier alpha value is -0.310. The van der Waals surface area contributed by atoms with Gasteiger partial charge < -0.3 is 14.0 Å². The average molecular weight is 403 g/mol. The zero-order valence-corrected chi connectivity index (χ0v) is 15.9. The van der Waals surface area contributed by atoms with Crippen molar-refractivity contribution in [1.29, 1.82) is 0 Å². The highest BCUT2D eigenvalue weighted by Crippen LogP contribution is 2.66. The Labute approximate surface area is 157 Å². The van der Waals surface area contributed by atoms with Crippen molar-refractivity contribution in [3.05, 3.63) is 0 Å². The second kappa shape index (κ2) is 5.24. The molecule has 5 unspecified atom stereocenters. The van der Waals surface area contributed by atoms with Crippen LogP contribution in [0, 0.1) is 41.4 Å². The van der Waals surface area contributed by atoms with E-state index in [2.05, 4.69) is 0 Å². The van der Waals surface area contributed by atoms with Crippen LogP contribution in [0.15, 0.2) is 0 Å². The summed E-state index contributed by atoms with van der Waals surface area (Å²) in [6.07, 6.45) is 6.06. The molecule has 1 heterocycles. The van der Waals surface area contributed by atoms with Crippen LogP contribution in [-0.4, -0.2) is 36.2 Å². The number of hydrogen-bond donors (Lipinski definition) is 0. The molecule has 7 fully saturated rings. The first-order valence-corrected chi connectivity index (χ1v) is 11.8. The van der Waals surface area contributed by atoms with Gasteiger partial charge in [0.1, 0.15) is 0 Å². The van der Waals surface area contributed by atoms with Crippen LogP contribution in [0.5, 0.6) is 0 Å². The minimum atomic E-state index is -5.62. The summed E-state index contributed by atoms with van der Waals surface area (Å²) in [5.41, 5.74) is 0. The molecule has 5 atom stereocenters. The van der Waals surface area contributed by atoms with Gasteiger partial charge in [-0.3, -0.25) is 0 Å². The summed E-state index contributed by atoms with van der Waals surface area (Å²) in [6, 6.07) is 0. The molecule has 6 bridgehead atoms. The van der Waals surface area contributed by atoms with E-state index in [1.807, 2.05) is 0 Å². The third kappa shape index (κ3) is 2.27. The van der Waals surface area contributed by atoms with Gasteiger partial charge in [-0.15, -0.1) is 0 Å². The molecule has 0 N–H and O–H groups in total. The number of alkyl halides is 2. The number of ether oxygens (including phenoxy) is 2. The molecule has 6 saturated carbocycles. The van der Waals surface area contributed by atoms with Gasteiger partial charge >= 0.3 is 5.25 Å². The van der Waals surface area contributed by atoms with Crippen molar-refractivity contribution < 1.29 is 31.2 Å². The van der Waals surface area contributed by atoms with Crippen molar-refractivity contribution in [2.45, 2.75) is 74.6 Å². The topological polar surface area (TPSA) is 75.7 Å². The molecule has 0 aromatic carbocycles. The lowest BCUT2D eigenvalue weighted by atomic mass is 9.53. The second-order valence-corrected chi connectivity index (χ2v) is 11.6. The van der Waals surface area contributed by atoms with Gasteiger partial charge in [0.15, 0.2) is 15.9 Å². The van der Waals surface area contributed by atoms with Gasteiger partial charge in [0.25, 0.3) is 0 Å². The predicted molar refractivity (Wildman–Crippen MR) is 88.5 cm³/mol. The van der Waals surface area contributed by atoms with E-state index in [4.69, 9.17) is 9.47 Å². The highest BCUT2D eigenvalue weighted by molar-refractivity contribution is 7.86. The Morgan fingerprint density at radius 3 is 2.11 bits per heavy atom. The van der Waals surface area contributed by atoms with E-state index >= 15 is 0 Å². The van der Waals surface area contributed by atoms with Crippen LogP contribution < -0.4 is 0 Å². The molecular formula is C19H25F2O5S-. The maximum atomic E-state index is 13.9. The van der Waals surface area contributed by atoms with Crippen molar-refractivity contribution in [3.8, 4) is 0 Å². The molecule has 1 spiro atoms. The summed E-state index contributed by atoms with van der Waals surface area (Å²) < 4.78 is 73.8. The Kier molecular flexibility index (Phi) is 3.40. The Morgan fingerprint density at radius 1 is 0.926 bits per heavy atom. The third-order valence-electron chi connectivity index (χ3n) is 8.78. The molecule has 5 nitrogen and oxygen atoms in total. The van der Waals surface area contributed by atoms with E-state index in [0.29, 0.717) is 18.3 Å². The minimum absolute atomic E-state index is 0.0405. The summed E-state index contributed by atoms with van der Waals surface area (Å²) in [5, 5.41) is -4.20. The molecule has 6 aliphatic carbocycles. The van der Waals surface area contributed by atoms with Crippen LogP contribution in [0.4, 0.5) is 8.78 Å². The highest BCUT2D eigenvalue weighted by Gasteiger charge is 2.69. The summed E-state index contributed by atoms with van der Waals surface area (Å²) in [4.78, 5) is 0. The van der Waals surface area contributed by atoms with Gasteiger partial charge in [0, 0.05) is 18.3 Å². The fourth-order valence-corrected chi connectivity index (χ4v) is 8.44. The lowest BCUT2D eigenvalue weighted by Gasteiger charge is -2.58. The van der Waals surface area contributed by atoms with Crippen LogP contribution in [0.2, 0.25) is 0 Å². The van der Waals surface area contributed by atoms with Crippen molar-refractivity contribution in [2.75, 3.05) is 0 Å². The second-order valence-electron chi connectivity index (χ2n) is 10.1. The molecule has 7 rings (SSSR count). The smallest absolute Gasteiger partial charge is 0.334 e. The Morgan fingerprint density at radius 2 is 1.52 bits per heavy atom. The van der Waals surface area contributed by atoms with Crippen molar-refractivity contribution in [1.82, 2.24) is 0 Å². The first kappa shape index (κ1) is 17.5. The Bertz CT molecular complexity index is 740. The molecule has 0 radical (unpaired) electrons. The van der Waals surface area contributed by atoms with E-state index < -0.39 is 33.5 Å². The largest absolute Gasteiger partial charge is 0.743 e. The van der Waals surface area contributed by atoms with Crippen molar-refractivity contribution >= 4 is 10.1 Å². The van der Waals surface area contributed by atoms with Gasteiger partial charge in [-0.05, 0) is 74.5 Å². The molecule has 8 heteroatoms. The van der Waals surface area contributed by atoms with Crippen LogP contribution in [0.25, 0.3) is 0 Å². The third-order valence-corrected chi connectivity index (χ3v) is 9.68. The zero-order valence-electron chi connectivity index (χ0n) is 15.1.